The highest BCUT2D eigenvalue weighted by Crippen LogP contribution is 2.25. The standard InChI is InChI=1S/C16H19ClN2O2/c1-4-21-15(20)16(2,3)19-10-11-7-8-13(17)12-6-5-9-18-14(11)12/h5-9,19H,4,10H2,1-3H3. The Kier molecular flexibility index (Phi) is 4.80. The van der Waals surface area contributed by atoms with E-state index in [4.69, 9.17) is 16.3 Å². The van der Waals surface area contributed by atoms with Gasteiger partial charge in [-0.25, -0.2) is 0 Å². The Morgan fingerprint density at radius 3 is 2.86 bits per heavy atom. The summed E-state index contributed by atoms with van der Waals surface area (Å²) in [6, 6.07) is 7.56. The zero-order valence-electron chi connectivity index (χ0n) is 12.4. The maximum Gasteiger partial charge on any atom is 0.325 e. The first kappa shape index (κ1) is 15.7. The Balaban J connectivity index is 2.21. The molecule has 0 spiro atoms. The fourth-order valence-electron chi connectivity index (χ4n) is 2.04. The van der Waals surface area contributed by atoms with Crippen LogP contribution in [0.2, 0.25) is 5.02 Å². The summed E-state index contributed by atoms with van der Waals surface area (Å²) >= 11 is 6.18. The number of carbonyl (C=O) groups excluding carboxylic acids is 1. The minimum Gasteiger partial charge on any atom is -0.465 e. The quantitative estimate of drug-likeness (QED) is 0.861. The van der Waals surface area contributed by atoms with Crippen molar-refractivity contribution in [3.63, 3.8) is 0 Å². The van der Waals surface area contributed by atoms with Gasteiger partial charge in [-0.2, -0.15) is 0 Å². The molecule has 5 heteroatoms. The van der Waals surface area contributed by atoms with E-state index >= 15 is 0 Å². The van der Waals surface area contributed by atoms with Crippen molar-refractivity contribution in [2.24, 2.45) is 0 Å². The van der Waals surface area contributed by atoms with Gasteiger partial charge in [0.1, 0.15) is 5.54 Å². The molecule has 0 atom stereocenters. The van der Waals surface area contributed by atoms with Crippen LogP contribution in [0.1, 0.15) is 26.3 Å². The fourth-order valence-corrected chi connectivity index (χ4v) is 2.25. The van der Waals surface area contributed by atoms with Gasteiger partial charge in [-0.3, -0.25) is 15.1 Å². The van der Waals surface area contributed by atoms with E-state index in [0.29, 0.717) is 18.2 Å². The van der Waals surface area contributed by atoms with Crippen LogP contribution in [0.3, 0.4) is 0 Å². The van der Waals surface area contributed by atoms with E-state index in [-0.39, 0.29) is 5.97 Å². The van der Waals surface area contributed by atoms with Crippen LogP contribution in [0.25, 0.3) is 10.9 Å². The first-order valence-electron chi connectivity index (χ1n) is 6.90. The van der Waals surface area contributed by atoms with Gasteiger partial charge in [-0.05, 0) is 44.5 Å². The Bertz CT molecular complexity index is 656. The molecule has 0 aliphatic heterocycles. The fraction of sp³-hybridized carbons (Fsp3) is 0.375. The van der Waals surface area contributed by atoms with Crippen molar-refractivity contribution in [3.05, 3.63) is 41.0 Å². The Hall–Kier alpha value is -1.65. The number of halogens is 1. The molecule has 0 fully saturated rings. The Labute approximate surface area is 129 Å². The number of hydrogen-bond donors (Lipinski definition) is 1. The van der Waals surface area contributed by atoms with E-state index in [0.717, 1.165) is 16.5 Å². The van der Waals surface area contributed by atoms with Crippen molar-refractivity contribution < 1.29 is 9.53 Å². The van der Waals surface area contributed by atoms with Gasteiger partial charge in [-0.1, -0.05) is 17.7 Å². The molecule has 1 N–H and O–H groups in total. The molecular formula is C16H19ClN2O2. The van der Waals surface area contributed by atoms with Gasteiger partial charge in [0.2, 0.25) is 0 Å². The molecule has 1 aromatic carbocycles. The van der Waals surface area contributed by atoms with E-state index in [2.05, 4.69) is 10.3 Å². The lowest BCUT2D eigenvalue weighted by Crippen LogP contribution is -2.47. The highest BCUT2D eigenvalue weighted by atomic mass is 35.5. The number of nitrogens with zero attached hydrogens (tertiary/aromatic N) is 1. The zero-order valence-corrected chi connectivity index (χ0v) is 13.2. The van der Waals surface area contributed by atoms with Crippen LogP contribution in [0.4, 0.5) is 0 Å². The third kappa shape index (κ3) is 3.52. The lowest BCUT2D eigenvalue weighted by atomic mass is 10.0. The second-order valence-corrected chi connectivity index (χ2v) is 5.71. The molecule has 0 saturated carbocycles. The maximum atomic E-state index is 11.9. The molecule has 2 rings (SSSR count). The highest BCUT2D eigenvalue weighted by molar-refractivity contribution is 6.35. The number of ether oxygens (including phenoxy) is 1. The molecule has 0 aliphatic rings. The molecule has 1 aromatic heterocycles. The molecule has 2 aromatic rings. The van der Waals surface area contributed by atoms with E-state index in [1.807, 2.05) is 24.3 Å². The molecule has 0 aliphatic carbocycles. The number of rotatable bonds is 5. The van der Waals surface area contributed by atoms with E-state index in [9.17, 15) is 4.79 Å². The molecule has 112 valence electrons. The molecule has 1 heterocycles. The van der Waals surface area contributed by atoms with Crippen molar-refractivity contribution >= 4 is 28.5 Å². The monoisotopic (exact) mass is 306 g/mol. The topological polar surface area (TPSA) is 51.2 Å². The van der Waals surface area contributed by atoms with E-state index in [1.165, 1.54) is 0 Å². The molecule has 0 amide bonds. The number of benzene rings is 1. The van der Waals surface area contributed by atoms with Gasteiger partial charge in [0.25, 0.3) is 0 Å². The minimum atomic E-state index is -0.753. The summed E-state index contributed by atoms with van der Waals surface area (Å²) in [5.74, 6) is -0.267. The lowest BCUT2D eigenvalue weighted by Gasteiger charge is -2.24. The number of nitrogens with one attached hydrogen (secondary N) is 1. The Morgan fingerprint density at radius 1 is 1.38 bits per heavy atom. The van der Waals surface area contributed by atoms with Crippen LogP contribution in [0.15, 0.2) is 30.5 Å². The van der Waals surface area contributed by atoms with Gasteiger partial charge >= 0.3 is 5.97 Å². The molecule has 0 unspecified atom stereocenters. The second-order valence-electron chi connectivity index (χ2n) is 5.31. The predicted molar refractivity (Wildman–Crippen MR) is 84.3 cm³/mol. The van der Waals surface area contributed by atoms with Gasteiger partial charge in [0, 0.05) is 23.2 Å². The number of fused-ring (bicyclic) bond motifs is 1. The first-order chi connectivity index (χ1) is 9.95. The van der Waals surface area contributed by atoms with Crippen LogP contribution in [0.5, 0.6) is 0 Å². The largest absolute Gasteiger partial charge is 0.465 e. The van der Waals surface area contributed by atoms with Crippen LogP contribution < -0.4 is 5.32 Å². The summed E-state index contributed by atoms with van der Waals surface area (Å²) in [5.41, 5.74) is 1.08. The lowest BCUT2D eigenvalue weighted by molar-refractivity contribution is -0.149. The summed E-state index contributed by atoms with van der Waals surface area (Å²) in [4.78, 5) is 16.3. The zero-order chi connectivity index (χ0) is 15.5. The van der Waals surface area contributed by atoms with Crippen molar-refractivity contribution in [1.82, 2.24) is 10.3 Å². The number of aromatic nitrogens is 1. The molecule has 0 saturated heterocycles. The van der Waals surface area contributed by atoms with Crippen molar-refractivity contribution in [2.75, 3.05) is 6.61 Å². The minimum absolute atomic E-state index is 0.267. The summed E-state index contributed by atoms with van der Waals surface area (Å²) < 4.78 is 5.06. The molecular weight excluding hydrogens is 288 g/mol. The summed E-state index contributed by atoms with van der Waals surface area (Å²) in [5, 5.41) is 4.80. The van der Waals surface area contributed by atoms with Crippen LogP contribution >= 0.6 is 11.6 Å². The van der Waals surface area contributed by atoms with Crippen LogP contribution in [-0.4, -0.2) is 23.1 Å². The van der Waals surface area contributed by atoms with Gasteiger partial charge in [-0.15, -0.1) is 0 Å². The average molecular weight is 307 g/mol. The average Bonchev–Trinajstić information content (AvgIpc) is 2.47. The molecule has 21 heavy (non-hydrogen) atoms. The Morgan fingerprint density at radius 2 is 2.14 bits per heavy atom. The van der Waals surface area contributed by atoms with Gasteiger partial charge in [0.15, 0.2) is 0 Å². The smallest absolute Gasteiger partial charge is 0.325 e. The van der Waals surface area contributed by atoms with Crippen LogP contribution in [0, 0.1) is 0 Å². The SMILES string of the molecule is CCOC(=O)C(C)(C)NCc1ccc(Cl)c2cccnc12. The maximum absolute atomic E-state index is 11.9. The van der Waals surface area contributed by atoms with E-state index in [1.54, 1.807) is 27.0 Å². The number of pyridine rings is 1. The van der Waals surface area contributed by atoms with Gasteiger partial charge < -0.3 is 4.74 Å². The molecule has 0 bridgehead atoms. The third-order valence-electron chi connectivity index (χ3n) is 3.31. The van der Waals surface area contributed by atoms with E-state index < -0.39 is 5.54 Å². The van der Waals surface area contributed by atoms with Crippen LogP contribution in [-0.2, 0) is 16.1 Å². The van der Waals surface area contributed by atoms with Gasteiger partial charge in [0.05, 0.1) is 12.1 Å². The van der Waals surface area contributed by atoms with Crippen molar-refractivity contribution in [1.29, 1.82) is 0 Å². The summed E-state index contributed by atoms with van der Waals surface area (Å²) in [7, 11) is 0. The molecule has 0 radical (unpaired) electrons. The number of carbonyl (C=O) groups is 1. The third-order valence-corrected chi connectivity index (χ3v) is 3.64. The summed E-state index contributed by atoms with van der Waals surface area (Å²) in [6.07, 6.45) is 1.73. The number of hydrogen-bond acceptors (Lipinski definition) is 4. The normalized spacial score (nSPS) is 11.6. The number of esters is 1. The predicted octanol–water partition coefficient (Wildman–Crippen LogP) is 3.32. The highest BCUT2D eigenvalue weighted by Gasteiger charge is 2.28. The first-order valence-corrected chi connectivity index (χ1v) is 7.28. The summed E-state index contributed by atoms with van der Waals surface area (Å²) in [6.45, 7) is 6.28. The molecule has 4 nitrogen and oxygen atoms in total. The van der Waals surface area contributed by atoms with Crippen molar-refractivity contribution in [2.45, 2.75) is 32.9 Å². The van der Waals surface area contributed by atoms with Crippen molar-refractivity contribution in [3.8, 4) is 0 Å². The second kappa shape index (κ2) is 6.41.